The number of amides is 1. The summed E-state index contributed by atoms with van der Waals surface area (Å²) in [6.07, 6.45) is 2.63. The van der Waals surface area contributed by atoms with E-state index < -0.39 is 0 Å². The first kappa shape index (κ1) is 12.2. The van der Waals surface area contributed by atoms with Gasteiger partial charge in [-0.2, -0.15) is 5.10 Å². The number of aromatic amines is 1. The average molecular weight is 258 g/mol. The van der Waals surface area contributed by atoms with Gasteiger partial charge in [0.1, 0.15) is 0 Å². The van der Waals surface area contributed by atoms with Gasteiger partial charge in [0.25, 0.3) is 5.91 Å². The van der Waals surface area contributed by atoms with Gasteiger partial charge in [-0.05, 0) is 24.5 Å². The summed E-state index contributed by atoms with van der Waals surface area (Å²) in [5.41, 5.74) is 7.59. The summed E-state index contributed by atoms with van der Waals surface area (Å²) < 4.78 is 0. The summed E-state index contributed by atoms with van der Waals surface area (Å²) in [7, 11) is 0. The molecule has 3 rings (SSSR count). The Kier molecular flexibility index (Phi) is 2.98. The third-order valence-electron chi connectivity index (χ3n) is 3.95. The number of nitrogens with zero attached hydrogens (tertiary/aromatic N) is 2. The summed E-state index contributed by atoms with van der Waals surface area (Å²) >= 11 is 0. The number of benzene rings is 1. The number of hydrogen-bond acceptors (Lipinski definition) is 3. The van der Waals surface area contributed by atoms with Crippen LogP contribution in [0.25, 0.3) is 10.9 Å². The molecular formula is C14H18N4O. The van der Waals surface area contributed by atoms with Crippen molar-refractivity contribution in [2.24, 2.45) is 11.7 Å². The van der Waals surface area contributed by atoms with Crippen molar-refractivity contribution < 1.29 is 4.79 Å². The van der Waals surface area contributed by atoms with Crippen molar-refractivity contribution in [3.05, 3.63) is 30.0 Å². The van der Waals surface area contributed by atoms with Crippen LogP contribution in [-0.2, 0) is 0 Å². The maximum absolute atomic E-state index is 12.5. The van der Waals surface area contributed by atoms with Gasteiger partial charge < -0.3 is 10.6 Å². The molecule has 1 aliphatic heterocycles. The van der Waals surface area contributed by atoms with Gasteiger partial charge in [-0.3, -0.25) is 9.89 Å². The van der Waals surface area contributed by atoms with Gasteiger partial charge in [0.15, 0.2) is 0 Å². The zero-order valence-electron chi connectivity index (χ0n) is 11.0. The molecule has 0 bridgehead atoms. The van der Waals surface area contributed by atoms with Gasteiger partial charge in [-0.1, -0.05) is 13.0 Å². The minimum absolute atomic E-state index is 0.0789. The molecule has 100 valence electrons. The average Bonchev–Trinajstić information content (AvgIpc) is 2.88. The van der Waals surface area contributed by atoms with E-state index in [1.54, 1.807) is 6.20 Å². The number of H-pyrrole nitrogens is 1. The van der Waals surface area contributed by atoms with E-state index in [0.717, 1.165) is 30.4 Å². The van der Waals surface area contributed by atoms with Crippen LogP contribution in [0.1, 0.15) is 23.7 Å². The number of carbonyl (C=O) groups is 1. The number of piperidine rings is 1. The summed E-state index contributed by atoms with van der Waals surface area (Å²) in [6.45, 7) is 3.58. The molecule has 0 spiro atoms. The van der Waals surface area contributed by atoms with Crippen LogP contribution in [0.4, 0.5) is 0 Å². The van der Waals surface area contributed by atoms with Gasteiger partial charge in [-0.25, -0.2) is 0 Å². The lowest BCUT2D eigenvalue weighted by Gasteiger charge is -2.35. The largest absolute Gasteiger partial charge is 0.338 e. The Morgan fingerprint density at radius 3 is 3.16 bits per heavy atom. The van der Waals surface area contributed by atoms with E-state index >= 15 is 0 Å². The molecule has 1 amide bonds. The highest BCUT2D eigenvalue weighted by Gasteiger charge is 2.26. The third kappa shape index (κ3) is 2.21. The monoisotopic (exact) mass is 258 g/mol. The lowest BCUT2D eigenvalue weighted by atomic mass is 9.94. The highest BCUT2D eigenvalue weighted by Crippen LogP contribution is 2.19. The van der Waals surface area contributed by atoms with Crippen molar-refractivity contribution in [2.45, 2.75) is 19.4 Å². The van der Waals surface area contributed by atoms with Crippen LogP contribution in [0.5, 0.6) is 0 Å². The Morgan fingerprint density at radius 1 is 1.53 bits per heavy atom. The lowest BCUT2D eigenvalue weighted by molar-refractivity contribution is 0.0664. The van der Waals surface area contributed by atoms with E-state index in [4.69, 9.17) is 5.73 Å². The second kappa shape index (κ2) is 4.66. The number of hydrogen-bond donors (Lipinski definition) is 2. The molecule has 2 unspecified atom stereocenters. The minimum atomic E-state index is 0.0789. The standard InChI is InChI=1S/C14H18N4O/c1-9-8-18(5-4-12(9)15)14(19)10-2-3-11-7-16-17-13(11)6-10/h2-3,6-7,9,12H,4-5,8,15H2,1H3,(H,16,17). The Hall–Kier alpha value is -1.88. The first-order valence-electron chi connectivity index (χ1n) is 6.63. The Bertz CT molecular complexity index is 606. The van der Waals surface area contributed by atoms with E-state index in [1.165, 1.54) is 0 Å². The van der Waals surface area contributed by atoms with E-state index in [1.807, 2.05) is 23.1 Å². The molecule has 0 saturated carbocycles. The van der Waals surface area contributed by atoms with Crippen molar-refractivity contribution in [1.29, 1.82) is 0 Å². The van der Waals surface area contributed by atoms with Crippen LogP contribution >= 0.6 is 0 Å². The normalized spacial score (nSPS) is 23.8. The molecule has 2 aromatic rings. The fraction of sp³-hybridized carbons (Fsp3) is 0.429. The Balaban J connectivity index is 1.83. The van der Waals surface area contributed by atoms with Crippen molar-refractivity contribution >= 4 is 16.8 Å². The van der Waals surface area contributed by atoms with Gasteiger partial charge in [-0.15, -0.1) is 0 Å². The predicted octanol–water partition coefficient (Wildman–Crippen LogP) is 1.37. The zero-order chi connectivity index (χ0) is 13.4. The van der Waals surface area contributed by atoms with E-state index in [2.05, 4.69) is 17.1 Å². The number of nitrogens with two attached hydrogens (primary N) is 1. The summed E-state index contributed by atoms with van der Waals surface area (Å²) in [6, 6.07) is 5.85. The number of nitrogens with one attached hydrogen (secondary N) is 1. The minimum Gasteiger partial charge on any atom is -0.338 e. The number of rotatable bonds is 1. The maximum atomic E-state index is 12.5. The first-order valence-corrected chi connectivity index (χ1v) is 6.63. The molecule has 5 nitrogen and oxygen atoms in total. The molecule has 1 saturated heterocycles. The SMILES string of the molecule is CC1CN(C(=O)c2ccc3cn[nH]c3c2)CCC1N. The van der Waals surface area contributed by atoms with Crippen molar-refractivity contribution in [1.82, 2.24) is 15.1 Å². The molecule has 2 atom stereocenters. The molecule has 19 heavy (non-hydrogen) atoms. The fourth-order valence-corrected chi connectivity index (χ4v) is 2.60. The second-order valence-corrected chi connectivity index (χ2v) is 5.35. The number of likely N-dealkylation sites (tertiary alicyclic amines) is 1. The van der Waals surface area contributed by atoms with Crippen LogP contribution in [0.3, 0.4) is 0 Å². The summed E-state index contributed by atoms with van der Waals surface area (Å²) in [4.78, 5) is 14.4. The van der Waals surface area contributed by atoms with Gasteiger partial charge in [0.2, 0.25) is 0 Å². The number of aromatic nitrogens is 2. The lowest BCUT2D eigenvalue weighted by Crippen LogP contribution is -2.48. The first-order chi connectivity index (χ1) is 9.15. The topological polar surface area (TPSA) is 75.0 Å². The van der Waals surface area contributed by atoms with Crippen LogP contribution < -0.4 is 5.73 Å². The summed E-state index contributed by atoms with van der Waals surface area (Å²) in [5.74, 6) is 0.434. The second-order valence-electron chi connectivity index (χ2n) is 5.35. The van der Waals surface area contributed by atoms with Crippen molar-refractivity contribution in [3.8, 4) is 0 Å². The van der Waals surface area contributed by atoms with Crippen LogP contribution in [0.15, 0.2) is 24.4 Å². The molecule has 1 aromatic carbocycles. The molecule has 0 radical (unpaired) electrons. The Morgan fingerprint density at radius 2 is 2.37 bits per heavy atom. The quantitative estimate of drug-likeness (QED) is 0.811. The molecule has 1 fully saturated rings. The molecule has 1 aliphatic rings. The van der Waals surface area contributed by atoms with Crippen molar-refractivity contribution in [2.75, 3.05) is 13.1 Å². The van der Waals surface area contributed by atoms with E-state index in [9.17, 15) is 4.79 Å². The zero-order valence-corrected chi connectivity index (χ0v) is 11.0. The molecule has 0 aliphatic carbocycles. The molecular weight excluding hydrogens is 240 g/mol. The molecule has 3 N–H and O–H groups in total. The van der Waals surface area contributed by atoms with Crippen molar-refractivity contribution in [3.63, 3.8) is 0 Å². The number of carbonyl (C=O) groups excluding carboxylic acids is 1. The highest BCUT2D eigenvalue weighted by molar-refractivity contribution is 5.97. The fourth-order valence-electron chi connectivity index (χ4n) is 2.60. The predicted molar refractivity (Wildman–Crippen MR) is 73.8 cm³/mol. The highest BCUT2D eigenvalue weighted by atomic mass is 16.2. The van der Waals surface area contributed by atoms with E-state index in [0.29, 0.717) is 11.5 Å². The van der Waals surface area contributed by atoms with Gasteiger partial charge >= 0.3 is 0 Å². The van der Waals surface area contributed by atoms with Crippen LogP contribution in [0.2, 0.25) is 0 Å². The smallest absolute Gasteiger partial charge is 0.253 e. The third-order valence-corrected chi connectivity index (χ3v) is 3.95. The molecule has 2 heterocycles. The van der Waals surface area contributed by atoms with Crippen LogP contribution in [-0.4, -0.2) is 40.1 Å². The van der Waals surface area contributed by atoms with Gasteiger partial charge in [0, 0.05) is 30.1 Å². The molecule has 5 heteroatoms. The molecule has 1 aromatic heterocycles. The Labute approximate surface area is 111 Å². The maximum Gasteiger partial charge on any atom is 0.253 e. The number of fused-ring (bicyclic) bond motifs is 1. The summed E-state index contributed by atoms with van der Waals surface area (Å²) in [5, 5.41) is 7.88. The van der Waals surface area contributed by atoms with Gasteiger partial charge in [0.05, 0.1) is 11.7 Å². The van der Waals surface area contributed by atoms with E-state index in [-0.39, 0.29) is 11.9 Å². The van der Waals surface area contributed by atoms with Crippen LogP contribution in [0, 0.1) is 5.92 Å².